The molecule has 0 bridgehead atoms. The second-order valence-corrected chi connectivity index (χ2v) is 6.33. The van der Waals surface area contributed by atoms with Crippen LogP contribution in [-0.4, -0.2) is 42.9 Å². The van der Waals surface area contributed by atoms with Gasteiger partial charge >= 0.3 is 0 Å². The van der Waals surface area contributed by atoms with Gasteiger partial charge in [0.05, 0.1) is 11.4 Å². The molecule has 23 heavy (non-hydrogen) atoms. The second-order valence-electron chi connectivity index (χ2n) is 6.33. The first-order valence-corrected chi connectivity index (χ1v) is 8.67. The molecule has 5 nitrogen and oxygen atoms in total. The summed E-state index contributed by atoms with van der Waals surface area (Å²) < 4.78 is 0. The number of carbonyl (C=O) groups is 2. The highest BCUT2D eigenvalue weighted by atomic mass is 16.2. The van der Waals surface area contributed by atoms with Crippen LogP contribution in [0.4, 0.5) is 11.4 Å². The van der Waals surface area contributed by atoms with Crippen LogP contribution in [0.1, 0.15) is 49.4 Å². The molecule has 0 unspecified atom stereocenters. The van der Waals surface area contributed by atoms with Gasteiger partial charge in [-0.3, -0.25) is 9.59 Å². The third-order valence-corrected chi connectivity index (χ3v) is 4.68. The lowest BCUT2D eigenvalue weighted by atomic mass is 10.1. The molecule has 2 fully saturated rings. The molecular formula is C18H25N3O2. The highest BCUT2D eigenvalue weighted by Gasteiger charge is 2.22. The van der Waals surface area contributed by atoms with Crippen LogP contribution in [0, 0.1) is 0 Å². The number of anilines is 2. The van der Waals surface area contributed by atoms with Gasteiger partial charge in [-0.1, -0.05) is 6.92 Å². The summed E-state index contributed by atoms with van der Waals surface area (Å²) in [6.07, 6.45) is 4.95. The third-order valence-electron chi connectivity index (χ3n) is 4.68. The quantitative estimate of drug-likeness (QED) is 0.929. The molecule has 1 aromatic rings. The van der Waals surface area contributed by atoms with Gasteiger partial charge in [-0.05, 0) is 43.9 Å². The molecule has 2 aliphatic rings. The molecule has 0 aromatic heterocycles. The fourth-order valence-electron chi connectivity index (χ4n) is 3.34. The summed E-state index contributed by atoms with van der Waals surface area (Å²) in [4.78, 5) is 28.6. The van der Waals surface area contributed by atoms with Gasteiger partial charge in [0.15, 0.2) is 0 Å². The molecule has 1 N–H and O–H groups in total. The first-order chi connectivity index (χ1) is 11.2. The first kappa shape index (κ1) is 15.8. The predicted octanol–water partition coefficient (Wildman–Crippen LogP) is 2.87. The minimum atomic E-state index is -0.0174. The molecular weight excluding hydrogens is 290 g/mol. The third kappa shape index (κ3) is 3.49. The maximum atomic E-state index is 12.6. The molecule has 0 spiro atoms. The van der Waals surface area contributed by atoms with Crippen molar-refractivity contribution in [2.45, 2.75) is 39.0 Å². The van der Waals surface area contributed by atoms with Crippen LogP contribution in [0.2, 0.25) is 0 Å². The van der Waals surface area contributed by atoms with E-state index in [1.807, 2.05) is 30.0 Å². The Labute approximate surface area is 137 Å². The van der Waals surface area contributed by atoms with E-state index < -0.39 is 0 Å². The Morgan fingerprint density at radius 2 is 1.70 bits per heavy atom. The number of hydrogen-bond acceptors (Lipinski definition) is 3. The Bertz CT molecular complexity index is 588. The molecule has 0 saturated carbocycles. The number of hydrogen-bond donors (Lipinski definition) is 1. The standard InChI is InChI=1S/C18H25N3O2/c1-2-17(22)19-15-13-14(18(23)21-11-5-6-12-21)7-8-16(15)20-9-3-4-10-20/h7-8,13H,2-6,9-12H2,1H3,(H,19,22). The van der Waals surface area contributed by atoms with Crippen molar-refractivity contribution in [2.24, 2.45) is 0 Å². The lowest BCUT2D eigenvalue weighted by molar-refractivity contribution is -0.115. The summed E-state index contributed by atoms with van der Waals surface area (Å²) in [7, 11) is 0. The average molecular weight is 315 g/mol. The Kier molecular flexibility index (Phi) is 4.84. The van der Waals surface area contributed by atoms with Crippen molar-refractivity contribution < 1.29 is 9.59 Å². The Morgan fingerprint density at radius 1 is 1.04 bits per heavy atom. The fraction of sp³-hybridized carbons (Fsp3) is 0.556. The number of nitrogens with zero attached hydrogens (tertiary/aromatic N) is 2. The van der Waals surface area contributed by atoms with E-state index in [4.69, 9.17) is 0 Å². The minimum absolute atomic E-state index is 0.0174. The molecule has 124 valence electrons. The van der Waals surface area contributed by atoms with E-state index in [0.717, 1.165) is 50.4 Å². The summed E-state index contributed by atoms with van der Waals surface area (Å²) in [5, 5.41) is 2.97. The van der Waals surface area contributed by atoms with E-state index >= 15 is 0 Å². The molecule has 2 amide bonds. The first-order valence-electron chi connectivity index (χ1n) is 8.67. The zero-order chi connectivity index (χ0) is 16.2. The maximum Gasteiger partial charge on any atom is 0.253 e. The Hall–Kier alpha value is -2.04. The summed E-state index contributed by atoms with van der Waals surface area (Å²) in [6, 6.07) is 5.73. The van der Waals surface area contributed by atoms with Crippen molar-refractivity contribution in [3.05, 3.63) is 23.8 Å². The molecule has 0 aliphatic carbocycles. The summed E-state index contributed by atoms with van der Waals surface area (Å²) in [5.74, 6) is 0.0543. The van der Waals surface area contributed by atoms with E-state index in [0.29, 0.717) is 12.0 Å². The Morgan fingerprint density at radius 3 is 2.35 bits per heavy atom. The summed E-state index contributed by atoms with van der Waals surface area (Å²) >= 11 is 0. The lowest BCUT2D eigenvalue weighted by Crippen LogP contribution is -2.28. The average Bonchev–Trinajstić information content (AvgIpc) is 3.27. The zero-order valence-electron chi connectivity index (χ0n) is 13.8. The van der Waals surface area contributed by atoms with E-state index in [1.54, 1.807) is 0 Å². The van der Waals surface area contributed by atoms with E-state index in [9.17, 15) is 9.59 Å². The summed E-state index contributed by atoms with van der Waals surface area (Å²) in [5.41, 5.74) is 2.47. The van der Waals surface area contributed by atoms with Crippen molar-refractivity contribution in [2.75, 3.05) is 36.4 Å². The van der Waals surface area contributed by atoms with Crippen LogP contribution in [0.3, 0.4) is 0 Å². The van der Waals surface area contributed by atoms with Gasteiger partial charge in [0.25, 0.3) is 5.91 Å². The predicted molar refractivity (Wildman–Crippen MR) is 91.9 cm³/mol. The van der Waals surface area contributed by atoms with Crippen LogP contribution < -0.4 is 10.2 Å². The van der Waals surface area contributed by atoms with Gasteiger partial charge in [-0.2, -0.15) is 0 Å². The van der Waals surface area contributed by atoms with Gasteiger partial charge in [-0.15, -0.1) is 0 Å². The smallest absolute Gasteiger partial charge is 0.253 e. The van der Waals surface area contributed by atoms with Crippen molar-refractivity contribution in [3.8, 4) is 0 Å². The number of carbonyl (C=O) groups excluding carboxylic acids is 2. The van der Waals surface area contributed by atoms with Crippen LogP contribution in [0.15, 0.2) is 18.2 Å². The van der Waals surface area contributed by atoms with Crippen molar-refractivity contribution in [1.29, 1.82) is 0 Å². The number of benzene rings is 1. The van der Waals surface area contributed by atoms with Crippen LogP contribution in [0.5, 0.6) is 0 Å². The van der Waals surface area contributed by atoms with Gasteiger partial charge in [-0.25, -0.2) is 0 Å². The van der Waals surface area contributed by atoms with E-state index in [1.165, 1.54) is 12.8 Å². The van der Waals surface area contributed by atoms with Gasteiger partial charge < -0.3 is 15.1 Å². The topological polar surface area (TPSA) is 52.7 Å². The monoisotopic (exact) mass is 315 g/mol. The highest BCUT2D eigenvalue weighted by molar-refractivity contribution is 6.00. The molecule has 1 aromatic carbocycles. The molecule has 0 radical (unpaired) electrons. The fourth-order valence-corrected chi connectivity index (χ4v) is 3.34. The number of likely N-dealkylation sites (tertiary alicyclic amines) is 1. The molecule has 5 heteroatoms. The van der Waals surface area contributed by atoms with Crippen LogP contribution in [-0.2, 0) is 4.79 Å². The van der Waals surface area contributed by atoms with Gasteiger partial charge in [0.2, 0.25) is 5.91 Å². The largest absolute Gasteiger partial charge is 0.370 e. The number of nitrogens with one attached hydrogen (secondary N) is 1. The van der Waals surface area contributed by atoms with Crippen LogP contribution >= 0.6 is 0 Å². The second kappa shape index (κ2) is 7.02. The van der Waals surface area contributed by atoms with Crippen molar-refractivity contribution in [1.82, 2.24) is 4.90 Å². The van der Waals surface area contributed by atoms with Crippen molar-refractivity contribution in [3.63, 3.8) is 0 Å². The van der Waals surface area contributed by atoms with E-state index in [2.05, 4.69) is 10.2 Å². The normalized spacial score (nSPS) is 17.6. The molecule has 2 saturated heterocycles. The summed E-state index contributed by atoms with van der Waals surface area (Å²) in [6.45, 7) is 5.53. The molecule has 0 atom stereocenters. The zero-order valence-corrected chi connectivity index (χ0v) is 13.8. The minimum Gasteiger partial charge on any atom is -0.370 e. The SMILES string of the molecule is CCC(=O)Nc1cc(C(=O)N2CCCC2)ccc1N1CCCC1. The van der Waals surface area contributed by atoms with Crippen LogP contribution in [0.25, 0.3) is 0 Å². The van der Waals surface area contributed by atoms with Crippen molar-refractivity contribution >= 4 is 23.2 Å². The Balaban J connectivity index is 1.88. The molecule has 3 rings (SSSR count). The molecule has 2 heterocycles. The van der Waals surface area contributed by atoms with Gasteiger partial charge in [0, 0.05) is 38.2 Å². The van der Waals surface area contributed by atoms with E-state index in [-0.39, 0.29) is 11.8 Å². The lowest BCUT2D eigenvalue weighted by Gasteiger charge is -2.23. The molecule has 2 aliphatic heterocycles. The number of rotatable bonds is 4. The van der Waals surface area contributed by atoms with Gasteiger partial charge in [0.1, 0.15) is 0 Å². The number of amides is 2. The highest BCUT2D eigenvalue weighted by Crippen LogP contribution is 2.31. The maximum absolute atomic E-state index is 12.6.